The second kappa shape index (κ2) is 5.49. The van der Waals surface area contributed by atoms with Crippen molar-refractivity contribution < 1.29 is 5.11 Å². The second-order valence-corrected chi connectivity index (χ2v) is 6.82. The van der Waals surface area contributed by atoms with Gasteiger partial charge in [-0.05, 0) is 36.5 Å². The molecule has 2 aliphatic rings. The van der Waals surface area contributed by atoms with Crippen LogP contribution in [0.5, 0.6) is 0 Å². The zero-order chi connectivity index (χ0) is 15.0. The Morgan fingerprint density at radius 2 is 1.95 bits per heavy atom. The van der Waals surface area contributed by atoms with Crippen LogP contribution in [0, 0.1) is 0 Å². The molecule has 2 saturated carbocycles. The van der Waals surface area contributed by atoms with Crippen molar-refractivity contribution >= 4 is 0 Å². The molecule has 1 unspecified atom stereocenters. The molecule has 2 aliphatic carbocycles. The normalized spacial score (nSPS) is 33.2. The lowest BCUT2D eigenvalue weighted by Gasteiger charge is -2.46. The zero-order valence-electron chi connectivity index (χ0n) is 12.7. The molecule has 0 bridgehead atoms. The lowest BCUT2D eigenvalue weighted by molar-refractivity contribution is 0.0175. The van der Waals surface area contributed by atoms with Crippen molar-refractivity contribution in [2.45, 2.75) is 42.7 Å². The van der Waals surface area contributed by atoms with Gasteiger partial charge >= 0.3 is 0 Å². The third-order valence-electron chi connectivity index (χ3n) is 5.25. The van der Waals surface area contributed by atoms with Crippen molar-refractivity contribution in [3.63, 3.8) is 0 Å². The second-order valence-electron chi connectivity index (χ2n) is 6.82. The van der Waals surface area contributed by atoms with Crippen LogP contribution in [0.25, 0.3) is 0 Å². The van der Waals surface area contributed by atoms with Gasteiger partial charge in [0.2, 0.25) is 0 Å². The molecule has 0 radical (unpaired) electrons. The van der Waals surface area contributed by atoms with Gasteiger partial charge < -0.3 is 10.4 Å². The molecule has 22 heavy (non-hydrogen) atoms. The first-order chi connectivity index (χ1) is 10.8. The molecule has 1 heterocycles. The van der Waals surface area contributed by atoms with Crippen LogP contribution in [-0.2, 0) is 5.41 Å². The Kier molecular flexibility index (Phi) is 3.47. The Balaban J connectivity index is 1.40. The van der Waals surface area contributed by atoms with E-state index in [1.165, 1.54) is 17.5 Å². The standard InChI is InChI=1S/C19H22N2O/c22-16-10-19(11-16,15-7-4-8-20-12-15)13-21-18-9-17(18)14-5-2-1-3-6-14/h1-8,12,16-18,21-22H,9-11,13H2/t16?,17?,18-,19?/m0/s1. The molecule has 1 aromatic heterocycles. The summed E-state index contributed by atoms with van der Waals surface area (Å²) in [4.78, 5) is 4.25. The van der Waals surface area contributed by atoms with Crippen LogP contribution >= 0.6 is 0 Å². The summed E-state index contributed by atoms with van der Waals surface area (Å²) in [5.41, 5.74) is 2.76. The average Bonchev–Trinajstić information content (AvgIpc) is 3.32. The molecule has 2 N–H and O–H groups in total. The van der Waals surface area contributed by atoms with Crippen LogP contribution in [0.15, 0.2) is 54.9 Å². The van der Waals surface area contributed by atoms with Crippen molar-refractivity contribution in [2.24, 2.45) is 0 Å². The van der Waals surface area contributed by atoms with Crippen LogP contribution in [0.1, 0.15) is 36.3 Å². The first-order valence-electron chi connectivity index (χ1n) is 8.14. The van der Waals surface area contributed by atoms with Crippen molar-refractivity contribution in [2.75, 3.05) is 6.54 Å². The van der Waals surface area contributed by atoms with E-state index in [4.69, 9.17) is 0 Å². The van der Waals surface area contributed by atoms with Crippen molar-refractivity contribution in [1.29, 1.82) is 0 Å². The predicted octanol–water partition coefficient (Wildman–Crippen LogP) is 2.62. The molecule has 3 nitrogen and oxygen atoms in total. The number of benzene rings is 1. The quantitative estimate of drug-likeness (QED) is 0.891. The van der Waals surface area contributed by atoms with Crippen LogP contribution in [0.4, 0.5) is 0 Å². The Morgan fingerprint density at radius 1 is 1.14 bits per heavy atom. The summed E-state index contributed by atoms with van der Waals surface area (Å²) < 4.78 is 0. The molecule has 0 saturated heterocycles. The minimum atomic E-state index is -0.161. The van der Waals surface area contributed by atoms with Gasteiger partial charge in [-0.15, -0.1) is 0 Å². The summed E-state index contributed by atoms with van der Waals surface area (Å²) in [6.07, 6.45) is 6.51. The fourth-order valence-electron chi connectivity index (χ4n) is 3.82. The van der Waals surface area contributed by atoms with E-state index in [-0.39, 0.29) is 11.5 Å². The largest absolute Gasteiger partial charge is 0.393 e. The predicted molar refractivity (Wildman–Crippen MR) is 86.7 cm³/mol. The van der Waals surface area contributed by atoms with E-state index in [9.17, 15) is 5.11 Å². The van der Waals surface area contributed by atoms with Gasteiger partial charge in [-0.3, -0.25) is 4.98 Å². The molecular formula is C19H22N2O. The van der Waals surface area contributed by atoms with E-state index in [2.05, 4.69) is 46.7 Å². The summed E-state index contributed by atoms with van der Waals surface area (Å²) in [5.74, 6) is 0.650. The van der Waals surface area contributed by atoms with Gasteiger partial charge in [0.1, 0.15) is 0 Å². The highest BCUT2D eigenvalue weighted by molar-refractivity contribution is 5.30. The van der Waals surface area contributed by atoms with E-state index < -0.39 is 0 Å². The van der Waals surface area contributed by atoms with Crippen LogP contribution in [-0.4, -0.2) is 28.8 Å². The molecule has 0 amide bonds. The van der Waals surface area contributed by atoms with Crippen LogP contribution in [0.3, 0.4) is 0 Å². The highest BCUT2D eigenvalue weighted by Crippen LogP contribution is 2.45. The first-order valence-corrected chi connectivity index (χ1v) is 8.14. The maximum atomic E-state index is 9.81. The molecule has 0 spiro atoms. The third kappa shape index (κ3) is 2.55. The molecule has 2 aromatic rings. The van der Waals surface area contributed by atoms with Crippen LogP contribution in [0.2, 0.25) is 0 Å². The summed E-state index contributed by atoms with van der Waals surface area (Å²) in [5, 5.41) is 13.5. The maximum Gasteiger partial charge on any atom is 0.0558 e. The van der Waals surface area contributed by atoms with Gasteiger partial charge in [0, 0.05) is 36.3 Å². The van der Waals surface area contributed by atoms with Gasteiger partial charge in [0.15, 0.2) is 0 Å². The minimum absolute atomic E-state index is 0.0670. The van der Waals surface area contributed by atoms with Gasteiger partial charge in [-0.2, -0.15) is 0 Å². The number of hydrogen-bond donors (Lipinski definition) is 2. The van der Waals surface area contributed by atoms with Crippen molar-refractivity contribution in [3.05, 3.63) is 66.0 Å². The highest BCUT2D eigenvalue weighted by Gasteiger charge is 2.47. The fourth-order valence-corrected chi connectivity index (χ4v) is 3.82. The Hall–Kier alpha value is -1.71. The molecular weight excluding hydrogens is 272 g/mol. The van der Waals surface area contributed by atoms with E-state index in [0.717, 1.165) is 19.4 Å². The number of aliphatic hydroxyl groups excluding tert-OH is 1. The van der Waals surface area contributed by atoms with Crippen molar-refractivity contribution in [3.8, 4) is 0 Å². The molecule has 1 aromatic carbocycles. The number of nitrogens with one attached hydrogen (secondary N) is 1. The molecule has 4 rings (SSSR count). The SMILES string of the molecule is OC1CC(CN[C@H]2CC2c2ccccc2)(c2cccnc2)C1. The first kappa shape index (κ1) is 13.9. The van der Waals surface area contributed by atoms with E-state index in [0.29, 0.717) is 12.0 Å². The van der Waals surface area contributed by atoms with Gasteiger partial charge in [0.25, 0.3) is 0 Å². The average molecular weight is 294 g/mol. The number of aromatic nitrogens is 1. The van der Waals surface area contributed by atoms with Gasteiger partial charge in [-0.1, -0.05) is 36.4 Å². The Bertz CT molecular complexity index is 622. The topological polar surface area (TPSA) is 45.1 Å². The third-order valence-corrected chi connectivity index (χ3v) is 5.25. The number of hydrogen-bond acceptors (Lipinski definition) is 3. The molecule has 2 atom stereocenters. The smallest absolute Gasteiger partial charge is 0.0558 e. The molecule has 114 valence electrons. The Labute approximate surface area is 131 Å². The molecule has 2 fully saturated rings. The minimum Gasteiger partial charge on any atom is -0.393 e. The lowest BCUT2D eigenvalue weighted by atomic mass is 9.63. The number of rotatable bonds is 5. The highest BCUT2D eigenvalue weighted by atomic mass is 16.3. The number of aliphatic hydroxyl groups is 1. The van der Waals surface area contributed by atoms with Crippen LogP contribution < -0.4 is 5.32 Å². The molecule has 3 heteroatoms. The van der Waals surface area contributed by atoms with Gasteiger partial charge in [0.05, 0.1) is 6.10 Å². The summed E-state index contributed by atoms with van der Waals surface area (Å²) in [7, 11) is 0. The lowest BCUT2D eigenvalue weighted by Crippen LogP contribution is -2.51. The maximum absolute atomic E-state index is 9.81. The Morgan fingerprint density at radius 3 is 2.64 bits per heavy atom. The van der Waals surface area contributed by atoms with E-state index in [1.807, 2.05) is 18.5 Å². The van der Waals surface area contributed by atoms with E-state index in [1.54, 1.807) is 0 Å². The summed E-state index contributed by atoms with van der Waals surface area (Å²) in [6.45, 7) is 0.934. The zero-order valence-corrected chi connectivity index (χ0v) is 12.7. The molecule has 0 aliphatic heterocycles. The summed E-state index contributed by atoms with van der Waals surface area (Å²) >= 11 is 0. The van der Waals surface area contributed by atoms with E-state index >= 15 is 0 Å². The number of nitrogens with zero attached hydrogens (tertiary/aromatic N) is 1. The summed E-state index contributed by atoms with van der Waals surface area (Å²) in [6, 6.07) is 15.4. The number of pyridine rings is 1. The fraction of sp³-hybridized carbons (Fsp3) is 0.421. The van der Waals surface area contributed by atoms with Crippen molar-refractivity contribution in [1.82, 2.24) is 10.3 Å². The van der Waals surface area contributed by atoms with Gasteiger partial charge in [-0.25, -0.2) is 0 Å². The monoisotopic (exact) mass is 294 g/mol.